The molecular formula is C124H84N20. The maximum atomic E-state index is 4.80. The number of hydrogen-bond donors (Lipinski definition) is 0. The van der Waals surface area contributed by atoms with Crippen molar-refractivity contribution in [2.45, 2.75) is 0 Å². The molecule has 0 atom stereocenters. The minimum atomic E-state index is 0.632. The first-order valence-electron chi connectivity index (χ1n) is 46.7. The van der Waals surface area contributed by atoms with Crippen LogP contribution in [-0.2, 0) is 0 Å². The summed E-state index contributed by atoms with van der Waals surface area (Å²) in [5, 5.41) is 0. The molecule has 0 radical (unpaired) electrons. The highest BCUT2D eigenvalue weighted by Gasteiger charge is 2.20. The highest BCUT2D eigenvalue weighted by Crippen LogP contribution is 2.36. The number of benzene rings is 12. The van der Waals surface area contributed by atoms with Gasteiger partial charge in [0.15, 0.2) is 69.9 Å². The zero-order valence-corrected chi connectivity index (χ0v) is 77.4. The molecule has 144 heavy (non-hydrogen) atoms. The average molecular weight is 1850 g/mol. The molecule has 12 heterocycles. The van der Waals surface area contributed by atoms with Crippen LogP contribution in [0.25, 0.3) is 226 Å². The molecule has 20 nitrogen and oxygen atoms in total. The molecule has 12 aromatic heterocycles. The van der Waals surface area contributed by atoms with Gasteiger partial charge in [0.1, 0.15) is 0 Å². The molecule has 0 N–H and O–H groups in total. The van der Waals surface area contributed by atoms with E-state index in [0.29, 0.717) is 69.9 Å². The van der Waals surface area contributed by atoms with Crippen LogP contribution in [0.3, 0.4) is 0 Å². The van der Waals surface area contributed by atoms with Crippen LogP contribution >= 0.6 is 0 Å². The molecule has 20 heteroatoms. The smallest absolute Gasteiger partial charge is 0.164 e. The average Bonchev–Trinajstić information content (AvgIpc) is 0.806. The van der Waals surface area contributed by atoms with Crippen molar-refractivity contribution >= 4 is 0 Å². The molecule has 24 aromatic rings. The van der Waals surface area contributed by atoms with E-state index in [1.54, 1.807) is 31.0 Å². The van der Waals surface area contributed by atoms with Gasteiger partial charge in [0.2, 0.25) is 0 Å². The molecular weight excluding hydrogens is 1770 g/mol. The summed E-state index contributed by atoms with van der Waals surface area (Å²) in [4.78, 5) is 93.2. The van der Waals surface area contributed by atoms with Gasteiger partial charge in [-0.15, -0.1) is 0 Å². The highest BCUT2D eigenvalue weighted by molar-refractivity contribution is 5.78. The van der Waals surface area contributed by atoms with Crippen LogP contribution in [0.4, 0.5) is 0 Å². The number of hydrogen-bond acceptors (Lipinski definition) is 20. The van der Waals surface area contributed by atoms with Gasteiger partial charge in [-0.05, 0) is 84.4 Å². The largest absolute Gasteiger partial charge is 0.265 e. The zero-order chi connectivity index (χ0) is 96.6. The van der Waals surface area contributed by atoms with Crippen molar-refractivity contribution in [2.75, 3.05) is 0 Å². The third kappa shape index (κ3) is 22.1. The lowest BCUT2D eigenvalue weighted by Crippen LogP contribution is -2.00. The van der Waals surface area contributed by atoms with Crippen LogP contribution < -0.4 is 0 Å². The summed E-state index contributed by atoms with van der Waals surface area (Å²) >= 11 is 0. The Morgan fingerprint density at radius 2 is 0.271 bits per heavy atom. The van der Waals surface area contributed by atoms with Crippen LogP contribution in [0.5, 0.6) is 0 Å². The lowest BCUT2D eigenvalue weighted by molar-refractivity contribution is 1.07. The van der Waals surface area contributed by atoms with Crippen molar-refractivity contribution in [3.05, 3.63) is 511 Å². The third-order valence-electron chi connectivity index (χ3n) is 23.5. The van der Waals surface area contributed by atoms with Gasteiger partial charge < -0.3 is 0 Å². The van der Waals surface area contributed by atoms with E-state index >= 15 is 0 Å². The topological polar surface area (TPSA) is 258 Å². The van der Waals surface area contributed by atoms with E-state index in [0.717, 1.165) is 157 Å². The molecule has 0 spiro atoms. The Labute approximate surface area is 831 Å². The fourth-order valence-corrected chi connectivity index (χ4v) is 16.0. The summed E-state index contributed by atoms with van der Waals surface area (Å²) in [6.07, 6.45) is 18.2. The van der Waals surface area contributed by atoms with Crippen molar-refractivity contribution in [3.63, 3.8) is 0 Å². The zero-order valence-electron chi connectivity index (χ0n) is 77.4. The SMILES string of the molecule is c1ccc(-c2nc(-c3ccccc3)nc(-c3ccc(-c4ccc(-c5ccccn5)cn4)cc3)n2)cc1.c1ccc(-c2nc(-c3ccccc3)nc(-c3ccc(-c4ccc(-c5ccccn5)cn4)cc3)n2)cc1.c1ccc(-c2nc(-c3ccccc3)nc(-c3ccc(-c4ccc(-c5cccnc5)cn4)cc3)n2)cc1.c1ccc(-c2nc(-c3ccccc3)nc(-c3ccc(-c4ccc(-c5ccncc5)cn4)cc3)n2)cc1. The quantitative estimate of drug-likeness (QED) is 0.0687. The lowest BCUT2D eigenvalue weighted by Gasteiger charge is -2.09. The minimum absolute atomic E-state index is 0.632. The normalized spacial score (nSPS) is 10.8. The van der Waals surface area contributed by atoms with Crippen LogP contribution in [-0.4, -0.2) is 99.7 Å². The van der Waals surface area contributed by atoms with E-state index in [9.17, 15) is 0 Å². The summed E-state index contributed by atoms with van der Waals surface area (Å²) in [7, 11) is 0. The van der Waals surface area contributed by atoms with E-state index in [2.05, 4.69) is 76.3 Å². The van der Waals surface area contributed by atoms with Crippen molar-refractivity contribution < 1.29 is 0 Å². The molecule has 12 aromatic carbocycles. The summed E-state index contributed by atoms with van der Waals surface area (Å²) in [5.41, 5.74) is 27.0. The summed E-state index contributed by atoms with van der Waals surface area (Å²) in [6.45, 7) is 0. The van der Waals surface area contributed by atoms with Crippen LogP contribution in [0, 0.1) is 0 Å². The number of pyridine rings is 8. The van der Waals surface area contributed by atoms with Crippen molar-refractivity contribution in [3.8, 4) is 226 Å². The maximum Gasteiger partial charge on any atom is 0.164 e. The fourth-order valence-electron chi connectivity index (χ4n) is 16.0. The lowest BCUT2D eigenvalue weighted by atomic mass is 10.1. The van der Waals surface area contributed by atoms with E-state index in [1.165, 1.54) is 0 Å². The molecule has 0 aliphatic carbocycles. The van der Waals surface area contributed by atoms with Gasteiger partial charge >= 0.3 is 0 Å². The Hall–Kier alpha value is -20.1. The van der Waals surface area contributed by atoms with E-state index in [4.69, 9.17) is 59.8 Å². The van der Waals surface area contributed by atoms with E-state index < -0.39 is 0 Å². The van der Waals surface area contributed by atoms with Crippen molar-refractivity contribution in [2.24, 2.45) is 0 Å². The molecule has 0 aliphatic rings. The first kappa shape index (κ1) is 90.4. The monoisotopic (exact) mass is 1850 g/mol. The molecule has 0 saturated carbocycles. The van der Waals surface area contributed by atoms with Gasteiger partial charge in [-0.1, -0.05) is 370 Å². The molecule has 0 fully saturated rings. The van der Waals surface area contributed by atoms with E-state index in [-0.39, 0.29) is 0 Å². The molecule has 0 bridgehead atoms. The Balaban J connectivity index is 0.000000113. The molecule has 0 amide bonds. The molecule has 0 unspecified atom stereocenters. The van der Waals surface area contributed by atoms with Crippen molar-refractivity contribution in [1.29, 1.82) is 0 Å². The molecule has 0 aliphatic heterocycles. The Morgan fingerprint density at radius 1 is 0.0903 bits per heavy atom. The van der Waals surface area contributed by atoms with Crippen LogP contribution in [0.1, 0.15) is 0 Å². The second kappa shape index (κ2) is 43.9. The first-order chi connectivity index (χ1) is 71.3. The minimum Gasteiger partial charge on any atom is -0.265 e. The molecule has 24 rings (SSSR count). The van der Waals surface area contributed by atoms with Gasteiger partial charge in [0.05, 0.1) is 34.2 Å². The summed E-state index contributed by atoms with van der Waals surface area (Å²) in [6, 6.07) is 149. The highest BCUT2D eigenvalue weighted by atomic mass is 15.1. The first-order valence-corrected chi connectivity index (χ1v) is 46.7. The fraction of sp³-hybridized carbons (Fsp3) is 0. The Kier molecular flexibility index (Phi) is 27.6. The second-order valence-corrected chi connectivity index (χ2v) is 33.1. The summed E-state index contributed by atoms with van der Waals surface area (Å²) in [5.74, 6) is 7.72. The predicted molar refractivity (Wildman–Crippen MR) is 570 cm³/mol. The van der Waals surface area contributed by atoms with E-state index in [1.807, 2.05) is 443 Å². The van der Waals surface area contributed by atoms with Gasteiger partial charge in [-0.3, -0.25) is 39.9 Å². The molecule has 680 valence electrons. The standard InChI is InChI=1S/4C31H21N5/c2*1-3-9-23(10-4-1)29-34-30(24-11-5-2-6-12-24)36-31(35-29)25-16-14-22(15-17-25)28-19-18-26(21-33-28)27-13-7-8-20-32-27;1-3-8-23(9-4-1)29-34-30(24-10-5-2-6-11-24)36-31(35-29)25-15-13-22(14-16-25)28-18-17-27(21-33-28)26-12-7-19-32-20-26;1-3-7-24(8-4-1)29-34-30(25-9-5-2-6-10-25)36-31(35-29)26-13-11-23(12-14-26)28-16-15-27(21-33-28)22-17-19-32-20-18-22/h4*1-21H. The second-order valence-electron chi connectivity index (χ2n) is 33.1. The Morgan fingerprint density at radius 3 is 0.472 bits per heavy atom. The van der Waals surface area contributed by atoms with Crippen LogP contribution in [0.2, 0.25) is 0 Å². The third-order valence-corrected chi connectivity index (χ3v) is 23.5. The molecule has 0 saturated heterocycles. The Bertz CT molecular complexity index is 7100. The number of aromatic nitrogens is 20. The maximum absolute atomic E-state index is 4.80. The van der Waals surface area contributed by atoms with Gasteiger partial charge in [-0.2, -0.15) is 0 Å². The predicted octanol–water partition coefficient (Wildman–Crippen LogP) is 28.0. The van der Waals surface area contributed by atoms with Gasteiger partial charge in [0.25, 0.3) is 0 Å². The van der Waals surface area contributed by atoms with Crippen LogP contribution in [0.15, 0.2) is 511 Å². The summed E-state index contributed by atoms with van der Waals surface area (Å²) < 4.78 is 0. The number of nitrogens with zero attached hydrogens (tertiary/aromatic N) is 20. The van der Waals surface area contributed by atoms with Crippen molar-refractivity contribution in [1.82, 2.24) is 99.7 Å². The van der Waals surface area contributed by atoms with Gasteiger partial charge in [0, 0.05) is 179 Å². The van der Waals surface area contributed by atoms with Gasteiger partial charge in [-0.25, -0.2) is 59.8 Å². The number of rotatable bonds is 20.